The maximum Gasteiger partial charge on any atom is 0.123 e. The Hall–Kier alpha value is -2.52. The molecule has 0 radical (unpaired) electrons. The minimum atomic E-state index is -0.697. The van der Waals surface area contributed by atoms with Crippen molar-refractivity contribution in [1.29, 1.82) is 0 Å². The fraction of sp³-hybridized carbons (Fsp3) is 0.158. The van der Waals surface area contributed by atoms with Crippen molar-refractivity contribution in [3.8, 4) is 5.75 Å². The van der Waals surface area contributed by atoms with E-state index in [9.17, 15) is 15.3 Å². The van der Waals surface area contributed by atoms with Gasteiger partial charge in [-0.05, 0) is 70.1 Å². The van der Waals surface area contributed by atoms with E-state index in [0.717, 1.165) is 38.2 Å². The molecule has 3 heteroatoms. The fourth-order valence-corrected chi connectivity index (χ4v) is 3.38. The molecule has 110 valence electrons. The second kappa shape index (κ2) is 4.49. The van der Waals surface area contributed by atoms with E-state index in [1.54, 1.807) is 12.1 Å². The van der Waals surface area contributed by atoms with Crippen LogP contribution in [0.2, 0.25) is 0 Å². The molecule has 3 N–H and O–H groups in total. The molecule has 4 rings (SSSR count). The molecule has 1 aliphatic carbocycles. The lowest BCUT2D eigenvalue weighted by Gasteiger charge is -2.21. The number of rotatable bonds is 0. The predicted octanol–water partition coefficient (Wildman–Crippen LogP) is 4.34. The Morgan fingerprint density at radius 1 is 0.955 bits per heavy atom. The number of aliphatic hydroxyl groups excluding tert-OH is 2. The molecule has 0 saturated carbocycles. The Kier molecular flexibility index (Phi) is 2.68. The third kappa shape index (κ3) is 1.79. The van der Waals surface area contributed by atoms with Crippen LogP contribution in [0.5, 0.6) is 5.75 Å². The van der Waals surface area contributed by atoms with Gasteiger partial charge in [0.1, 0.15) is 5.75 Å². The van der Waals surface area contributed by atoms with Crippen molar-refractivity contribution in [2.75, 3.05) is 0 Å². The van der Waals surface area contributed by atoms with Crippen LogP contribution in [-0.4, -0.2) is 15.3 Å². The van der Waals surface area contributed by atoms with E-state index in [1.807, 2.05) is 37.3 Å². The summed E-state index contributed by atoms with van der Waals surface area (Å²) < 4.78 is 0. The molecule has 1 unspecified atom stereocenters. The smallest absolute Gasteiger partial charge is 0.123 e. The molecule has 3 aromatic carbocycles. The first kappa shape index (κ1) is 13.2. The van der Waals surface area contributed by atoms with E-state index in [4.69, 9.17) is 0 Å². The van der Waals surface area contributed by atoms with Crippen LogP contribution in [-0.2, 0) is 0 Å². The maximum absolute atomic E-state index is 10.2. The third-order valence-corrected chi connectivity index (χ3v) is 4.47. The van der Waals surface area contributed by atoms with Gasteiger partial charge in [-0.1, -0.05) is 12.1 Å². The number of hydrogen-bond donors (Lipinski definition) is 3. The first-order valence-electron chi connectivity index (χ1n) is 7.31. The average Bonchev–Trinajstić information content (AvgIpc) is 2.47. The lowest BCUT2D eigenvalue weighted by molar-refractivity contribution is 0.159. The Morgan fingerprint density at radius 3 is 2.59 bits per heavy atom. The number of benzene rings is 3. The molecule has 0 saturated heterocycles. The van der Waals surface area contributed by atoms with Crippen molar-refractivity contribution < 1.29 is 15.3 Å². The van der Waals surface area contributed by atoms with E-state index in [2.05, 4.69) is 0 Å². The summed E-state index contributed by atoms with van der Waals surface area (Å²) in [5, 5.41) is 33.9. The molecule has 1 atom stereocenters. The van der Waals surface area contributed by atoms with Gasteiger partial charge in [0.15, 0.2) is 0 Å². The summed E-state index contributed by atoms with van der Waals surface area (Å²) in [6.45, 7) is 2.00. The Bertz CT molecular complexity index is 954. The number of phenolic OH excluding ortho intramolecular Hbond substituents is 1. The lowest BCUT2D eigenvalue weighted by Crippen LogP contribution is -2.06. The zero-order chi connectivity index (χ0) is 15.4. The molecule has 0 fully saturated rings. The Morgan fingerprint density at radius 2 is 1.77 bits per heavy atom. The first-order chi connectivity index (χ1) is 10.5. The maximum atomic E-state index is 10.2. The van der Waals surface area contributed by atoms with Crippen LogP contribution in [0, 0.1) is 6.92 Å². The van der Waals surface area contributed by atoms with E-state index >= 15 is 0 Å². The molecule has 0 amide bonds. The Labute approximate surface area is 127 Å². The zero-order valence-electron chi connectivity index (χ0n) is 12.2. The lowest BCUT2D eigenvalue weighted by atomic mass is 9.88. The highest BCUT2D eigenvalue weighted by molar-refractivity contribution is 6.11. The van der Waals surface area contributed by atoms with Gasteiger partial charge >= 0.3 is 0 Å². The van der Waals surface area contributed by atoms with Gasteiger partial charge in [0.25, 0.3) is 0 Å². The fourth-order valence-electron chi connectivity index (χ4n) is 3.38. The quantitative estimate of drug-likeness (QED) is 0.540. The van der Waals surface area contributed by atoms with Crippen LogP contribution in [0.25, 0.3) is 27.6 Å². The SMILES string of the molecule is Cc1cc2c(O)cccc2c2cc3c(cc12)C=C(O)CC3O. The molecule has 22 heavy (non-hydrogen) atoms. The van der Waals surface area contributed by atoms with Crippen LogP contribution in [0.3, 0.4) is 0 Å². The number of aliphatic hydroxyl groups is 2. The van der Waals surface area contributed by atoms with Crippen molar-refractivity contribution in [2.45, 2.75) is 19.4 Å². The van der Waals surface area contributed by atoms with E-state index in [-0.39, 0.29) is 17.9 Å². The molecule has 1 aliphatic rings. The molecule has 0 spiro atoms. The van der Waals surface area contributed by atoms with Gasteiger partial charge in [-0.2, -0.15) is 0 Å². The molecule has 3 aromatic rings. The van der Waals surface area contributed by atoms with Gasteiger partial charge in [-0.25, -0.2) is 0 Å². The zero-order valence-corrected chi connectivity index (χ0v) is 12.2. The van der Waals surface area contributed by atoms with Gasteiger partial charge in [0.2, 0.25) is 0 Å². The van der Waals surface area contributed by atoms with Crippen LogP contribution in [0.4, 0.5) is 0 Å². The molecule has 3 nitrogen and oxygen atoms in total. The highest BCUT2D eigenvalue weighted by Crippen LogP contribution is 2.39. The molecule has 0 heterocycles. The summed E-state index contributed by atoms with van der Waals surface area (Å²) in [4.78, 5) is 0. The highest BCUT2D eigenvalue weighted by atomic mass is 16.3. The second-order valence-electron chi connectivity index (χ2n) is 5.95. The van der Waals surface area contributed by atoms with Crippen LogP contribution < -0.4 is 0 Å². The minimum Gasteiger partial charge on any atom is -0.512 e. The first-order valence-corrected chi connectivity index (χ1v) is 7.31. The van der Waals surface area contributed by atoms with Crippen LogP contribution in [0.15, 0.2) is 42.2 Å². The van der Waals surface area contributed by atoms with Gasteiger partial charge in [-0.15, -0.1) is 0 Å². The molecule has 0 aliphatic heterocycles. The van der Waals surface area contributed by atoms with Crippen molar-refractivity contribution in [2.24, 2.45) is 0 Å². The summed E-state index contributed by atoms with van der Waals surface area (Å²) in [5.41, 5.74) is 2.73. The predicted molar refractivity (Wildman–Crippen MR) is 88.0 cm³/mol. The molecule has 0 bridgehead atoms. The number of phenols is 1. The van der Waals surface area contributed by atoms with Gasteiger partial charge in [0.05, 0.1) is 11.9 Å². The summed E-state index contributed by atoms with van der Waals surface area (Å²) in [7, 11) is 0. The van der Waals surface area contributed by atoms with Crippen molar-refractivity contribution in [1.82, 2.24) is 0 Å². The van der Waals surface area contributed by atoms with Gasteiger partial charge in [-0.3, -0.25) is 0 Å². The van der Waals surface area contributed by atoms with Gasteiger partial charge in [0, 0.05) is 11.8 Å². The topological polar surface area (TPSA) is 60.7 Å². The number of hydrogen-bond acceptors (Lipinski definition) is 3. The highest BCUT2D eigenvalue weighted by Gasteiger charge is 2.20. The largest absolute Gasteiger partial charge is 0.512 e. The van der Waals surface area contributed by atoms with E-state index in [0.29, 0.717) is 0 Å². The monoisotopic (exact) mass is 292 g/mol. The number of aromatic hydroxyl groups is 1. The van der Waals surface area contributed by atoms with Crippen LogP contribution in [0.1, 0.15) is 29.2 Å². The molecular weight excluding hydrogens is 276 g/mol. The minimum absolute atomic E-state index is 0.204. The summed E-state index contributed by atoms with van der Waals surface area (Å²) in [6, 6.07) is 11.4. The summed E-state index contributed by atoms with van der Waals surface area (Å²) in [6.07, 6.45) is 1.26. The average molecular weight is 292 g/mol. The van der Waals surface area contributed by atoms with Crippen molar-refractivity contribution in [3.05, 3.63) is 58.8 Å². The summed E-state index contributed by atoms with van der Waals surface area (Å²) in [5.74, 6) is 0.466. The van der Waals surface area contributed by atoms with Crippen molar-refractivity contribution in [3.63, 3.8) is 0 Å². The molecule has 0 aromatic heterocycles. The number of aryl methyl sites for hydroxylation is 1. The van der Waals surface area contributed by atoms with Crippen LogP contribution >= 0.6 is 0 Å². The van der Waals surface area contributed by atoms with E-state index in [1.165, 1.54) is 0 Å². The normalized spacial score (nSPS) is 17.5. The van der Waals surface area contributed by atoms with E-state index < -0.39 is 6.10 Å². The van der Waals surface area contributed by atoms with Crippen molar-refractivity contribution >= 4 is 27.6 Å². The molecular formula is C19H16O3. The Balaban J connectivity index is 2.17. The third-order valence-electron chi connectivity index (χ3n) is 4.47. The van der Waals surface area contributed by atoms with Gasteiger partial charge < -0.3 is 15.3 Å². The second-order valence-corrected chi connectivity index (χ2v) is 5.95. The number of fused-ring (bicyclic) bond motifs is 4. The summed E-state index contributed by atoms with van der Waals surface area (Å²) >= 11 is 0. The standard InChI is InChI=1S/C19H16O3/c1-10-5-17-13(3-2-4-18(17)21)16-9-15-11(7-14(10)16)6-12(20)8-19(15)22/h2-7,9,19-22H,8H2,1H3.